The zero-order chi connectivity index (χ0) is 11.9. The first kappa shape index (κ1) is 11.3. The molecule has 1 aromatic carbocycles. The van der Waals surface area contributed by atoms with Gasteiger partial charge in [0.1, 0.15) is 0 Å². The van der Waals surface area contributed by atoms with Gasteiger partial charge in [0.2, 0.25) is 10.0 Å². The highest BCUT2D eigenvalue weighted by molar-refractivity contribution is 7.89. The summed E-state index contributed by atoms with van der Waals surface area (Å²) in [5.41, 5.74) is 0.741. The van der Waals surface area contributed by atoms with Gasteiger partial charge in [0.15, 0.2) is 0 Å². The summed E-state index contributed by atoms with van der Waals surface area (Å²) in [5, 5.41) is 0. The summed E-state index contributed by atoms with van der Waals surface area (Å²) in [6.45, 7) is 0. The quantitative estimate of drug-likeness (QED) is 0.853. The maximum absolute atomic E-state index is 11.5. The van der Waals surface area contributed by atoms with Gasteiger partial charge in [-0.3, -0.25) is 4.79 Å². The van der Waals surface area contributed by atoms with Crippen LogP contribution in [0.3, 0.4) is 0 Å². The van der Waals surface area contributed by atoms with E-state index in [4.69, 9.17) is 0 Å². The molecule has 0 unspecified atom stereocenters. The predicted octanol–water partition coefficient (Wildman–Crippen LogP) is 0.508. The zero-order valence-corrected chi connectivity index (χ0v) is 10.4. The SMILES string of the molecule is CNS(=O)(=O)c1ccc2c(c1)sc(=O)n2C. The minimum atomic E-state index is -3.45. The van der Waals surface area contributed by atoms with Crippen LogP contribution in [-0.2, 0) is 17.1 Å². The second-order valence-corrected chi connectivity index (χ2v) is 6.14. The molecule has 0 amide bonds. The number of nitrogens with one attached hydrogen (secondary N) is 1. The lowest BCUT2D eigenvalue weighted by atomic mass is 10.3. The highest BCUT2D eigenvalue weighted by Gasteiger charge is 2.13. The third kappa shape index (κ3) is 1.66. The van der Waals surface area contributed by atoms with Gasteiger partial charge in [-0.25, -0.2) is 13.1 Å². The molecule has 1 N–H and O–H groups in total. The molecule has 16 heavy (non-hydrogen) atoms. The zero-order valence-electron chi connectivity index (χ0n) is 8.72. The fourth-order valence-corrected chi connectivity index (χ4v) is 3.15. The van der Waals surface area contributed by atoms with Crippen molar-refractivity contribution in [2.75, 3.05) is 7.05 Å². The van der Waals surface area contributed by atoms with E-state index in [1.807, 2.05) is 0 Å². The lowest BCUT2D eigenvalue weighted by molar-refractivity contribution is 0.588. The van der Waals surface area contributed by atoms with Crippen LogP contribution < -0.4 is 9.60 Å². The summed E-state index contributed by atoms with van der Waals surface area (Å²) < 4.78 is 27.5. The number of fused-ring (bicyclic) bond motifs is 1. The predicted molar refractivity (Wildman–Crippen MR) is 63.3 cm³/mol. The normalized spacial score (nSPS) is 12.1. The van der Waals surface area contributed by atoms with Crippen molar-refractivity contribution in [3.05, 3.63) is 27.9 Å². The van der Waals surface area contributed by atoms with Gasteiger partial charge in [0.25, 0.3) is 0 Å². The van der Waals surface area contributed by atoms with Crippen LogP contribution in [0.2, 0.25) is 0 Å². The van der Waals surface area contributed by atoms with Crippen LogP contribution in [0.1, 0.15) is 0 Å². The molecule has 86 valence electrons. The number of rotatable bonds is 2. The molecule has 0 aliphatic carbocycles. The number of aryl methyl sites for hydroxylation is 1. The van der Waals surface area contributed by atoms with Crippen LogP contribution in [0.5, 0.6) is 0 Å². The molecule has 0 aliphatic rings. The first-order valence-corrected chi connectivity index (χ1v) is 6.79. The number of hydrogen-bond acceptors (Lipinski definition) is 4. The number of nitrogens with zero attached hydrogens (tertiary/aromatic N) is 1. The van der Waals surface area contributed by atoms with E-state index in [1.54, 1.807) is 13.1 Å². The van der Waals surface area contributed by atoms with Gasteiger partial charge < -0.3 is 4.57 Å². The highest BCUT2D eigenvalue weighted by atomic mass is 32.2. The molecule has 7 heteroatoms. The summed E-state index contributed by atoms with van der Waals surface area (Å²) >= 11 is 1.03. The van der Waals surface area contributed by atoms with E-state index < -0.39 is 10.0 Å². The largest absolute Gasteiger partial charge is 0.307 e. The average Bonchev–Trinajstić information content (AvgIpc) is 2.54. The van der Waals surface area contributed by atoms with Crippen molar-refractivity contribution in [2.45, 2.75) is 4.90 Å². The minimum absolute atomic E-state index is 0.103. The highest BCUT2D eigenvalue weighted by Crippen LogP contribution is 2.20. The monoisotopic (exact) mass is 258 g/mol. The van der Waals surface area contributed by atoms with Crippen molar-refractivity contribution in [3.8, 4) is 0 Å². The van der Waals surface area contributed by atoms with E-state index in [2.05, 4.69) is 4.72 Å². The average molecular weight is 258 g/mol. The summed E-state index contributed by atoms with van der Waals surface area (Å²) in [6, 6.07) is 4.63. The third-order valence-corrected chi connectivity index (χ3v) is 4.75. The van der Waals surface area contributed by atoms with Gasteiger partial charge in [-0.05, 0) is 25.2 Å². The Hall–Kier alpha value is -1.18. The summed E-state index contributed by atoms with van der Waals surface area (Å²) in [7, 11) is -0.434. The fourth-order valence-electron chi connectivity index (χ4n) is 1.40. The smallest absolute Gasteiger partial charge is 0.302 e. The van der Waals surface area contributed by atoms with Crippen LogP contribution in [0.4, 0.5) is 0 Å². The lowest BCUT2D eigenvalue weighted by Crippen LogP contribution is -2.18. The Morgan fingerprint density at radius 2 is 2.06 bits per heavy atom. The van der Waals surface area contributed by atoms with E-state index in [0.29, 0.717) is 4.70 Å². The number of hydrogen-bond donors (Lipinski definition) is 1. The van der Waals surface area contributed by atoms with Gasteiger partial charge in [-0.2, -0.15) is 0 Å². The van der Waals surface area contributed by atoms with Gasteiger partial charge in [0.05, 0.1) is 15.1 Å². The van der Waals surface area contributed by atoms with E-state index >= 15 is 0 Å². The van der Waals surface area contributed by atoms with Crippen molar-refractivity contribution >= 4 is 31.6 Å². The van der Waals surface area contributed by atoms with Crippen LogP contribution in [0, 0.1) is 0 Å². The van der Waals surface area contributed by atoms with Crippen molar-refractivity contribution in [1.29, 1.82) is 0 Å². The van der Waals surface area contributed by atoms with Gasteiger partial charge in [-0.1, -0.05) is 11.3 Å². The fraction of sp³-hybridized carbons (Fsp3) is 0.222. The Bertz CT molecular complexity index is 697. The molecule has 5 nitrogen and oxygen atoms in total. The molecule has 2 rings (SSSR count). The van der Waals surface area contributed by atoms with Crippen molar-refractivity contribution in [1.82, 2.24) is 9.29 Å². The second kappa shape index (κ2) is 3.69. The first-order valence-electron chi connectivity index (χ1n) is 4.49. The molecule has 1 heterocycles. The molecule has 0 bridgehead atoms. The topological polar surface area (TPSA) is 68.2 Å². The maximum atomic E-state index is 11.5. The molecule has 0 spiro atoms. The number of benzene rings is 1. The van der Waals surface area contributed by atoms with E-state index in [0.717, 1.165) is 16.9 Å². The number of sulfonamides is 1. The Morgan fingerprint density at radius 3 is 2.69 bits per heavy atom. The second-order valence-electron chi connectivity index (χ2n) is 3.26. The maximum Gasteiger partial charge on any atom is 0.307 e. The Morgan fingerprint density at radius 1 is 1.38 bits per heavy atom. The summed E-state index contributed by atoms with van der Waals surface area (Å²) in [5.74, 6) is 0. The lowest BCUT2D eigenvalue weighted by Gasteiger charge is -2.02. The van der Waals surface area contributed by atoms with E-state index in [9.17, 15) is 13.2 Å². The summed E-state index contributed by atoms with van der Waals surface area (Å²) in [6.07, 6.45) is 0. The van der Waals surface area contributed by atoms with Crippen molar-refractivity contribution < 1.29 is 8.42 Å². The molecular weight excluding hydrogens is 248 g/mol. The summed E-state index contributed by atoms with van der Waals surface area (Å²) in [4.78, 5) is 11.5. The van der Waals surface area contributed by atoms with Gasteiger partial charge in [-0.15, -0.1) is 0 Å². The Kier molecular flexibility index (Phi) is 2.61. The van der Waals surface area contributed by atoms with Crippen molar-refractivity contribution in [2.24, 2.45) is 7.05 Å². The molecule has 0 fully saturated rings. The van der Waals surface area contributed by atoms with E-state index in [-0.39, 0.29) is 9.77 Å². The van der Waals surface area contributed by atoms with Crippen molar-refractivity contribution in [3.63, 3.8) is 0 Å². The molecule has 0 aliphatic heterocycles. The van der Waals surface area contributed by atoms with Crippen LogP contribution in [-0.4, -0.2) is 20.0 Å². The Balaban J connectivity index is 2.76. The molecular formula is C9H10N2O3S2. The standard InChI is InChI=1S/C9H10N2O3S2/c1-10-16(13,14)6-3-4-7-8(5-6)15-9(12)11(7)2/h3-5,10H,1-2H3. The Labute approximate surface area is 96.4 Å². The first-order chi connectivity index (χ1) is 7.45. The van der Waals surface area contributed by atoms with Gasteiger partial charge in [0, 0.05) is 7.05 Å². The van der Waals surface area contributed by atoms with E-state index in [1.165, 1.54) is 23.7 Å². The molecule has 0 radical (unpaired) electrons. The molecule has 2 aromatic rings. The molecule has 0 atom stereocenters. The molecule has 1 aromatic heterocycles. The molecule has 0 saturated carbocycles. The van der Waals surface area contributed by atoms with Crippen LogP contribution >= 0.6 is 11.3 Å². The number of thiazole rings is 1. The van der Waals surface area contributed by atoms with Crippen LogP contribution in [0.15, 0.2) is 27.9 Å². The van der Waals surface area contributed by atoms with Crippen LogP contribution in [0.25, 0.3) is 10.2 Å². The van der Waals surface area contributed by atoms with Gasteiger partial charge >= 0.3 is 4.87 Å². The number of aromatic nitrogens is 1. The minimum Gasteiger partial charge on any atom is -0.302 e. The third-order valence-electron chi connectivity index (χ3n) is 2.34. The molecule has 0 saturated heterocycles.